The van der Waals surface area contributed by atoms with E-state index < -0.39 is 43.9 Å². The van der Waals surface area contributed by atoms with Gasteiger partial charge in [-0.3, -0.25) is 4.79 Å². The molecule has 8 heteroatoms. The van der Waals surface area contributed by atoms with Crippen LogP contribution in [0.1, 0.15) is 0 Å². The van der Waals surface area contributed by atoms with Crippen LogP contribution in [0.2, 0.25) is 0 Å². The van der Waals surface area contributed by atoms with Gasteiger partial charge >= 0.3 is 5.97 Å². The summed E-state index contributed by atoms with van der Waals surface area (Å²) in [6.45, 7) is -1.62. The molecule has 0 aromatic heterocycles. The van der Waals surface area contributed by atoms with Gasteiger partial charge in [-0.2, -0.15) is 12.6 Å². The first-order chi connectivity index (χ1) is 7.42. The zero-order valence-corrected chi connectivity index (χ0v) is 9.68. The molecular formula is C8H19NO6S. The molecule has 0 radical (unpaired) electrons. The first-order valence-electron chi connectivity index (χ1n) is 4.45. The number of carboxylic acid groups (broad SMARTS) is 1. The van der Waals surface area contributed by atoms with Crippen molar-refractivity contribution >= 4 is 18.6 Å². The molecule has 0 fully saturated rings. The maximum atomic E-state index is 9.76. The van der Waals surface area contributed by atoms with Crippen molar-refractivity contribution < 1.29 is 30.3 Å². The maximum absolute atomic E-state index is 9.76. The minimum absolute atomic E-state index is 0.190. The summed E-state index contributed by atoms with van der Waals surface area (Å²) in [6.07, 6.45) is 0. The van der Waals surface area contributed by atoms with Crippen molar-refractivity contribution in [2.75, 3.05) is 32.2 Å². The summed E-state index contributed by atoms with van der Waals surface area (Å²) in [7, 11) is 0. The van der Waals surface area contributed by atoms with Gasteiger partial charge in [0.1, 0.15) is 6.04 Å². The van der Waals surface area contributed by atoms with E-state index in [0.29, 0.717) is 0 Å². The maximum Gasteiger partial charge on any atom is 0.321 e. The van der Waals surface area contributed by atoms with Gasteiger partial charge in [-0.05, 0) is 0 Å². The molecule has 0 aliphatic carbocycles. The van der Waals surface area contributed by atoms with Crippen molar-refractivity contribution in [3.63, 3.8) is 0 Å². The lowest BCUT2D eigenvalue weighted by Crippen LogP contribution is -2.37. The van der Waals surface area contributed by atoms with Gasteiger partial charge in [0, 0.05) is 5.75 Å². The van der Waals surface area contributed by atoms with E-state index >= 15 is 0 Å². The number of rotatable bonds is 6. The quantitative estimate of drug-likeness (QED) is 0.256. The third kappa shape index (κ3) is 6.99. The Labute approximate surface area is 98.9 Å². The molecule has 0 heterocycles. The fourth-order valence-corrected chi connectivity index (χ4v) is 0.534. The standard InChI is InChI=1S/C5H12O4.C3H7NO2S/c6-1-5(2-7,3-8)4-9;4-2(1-7)3(5)6/h6-9H,1-4H2;2,7H,1,4H2,(H,5,6)/t;2-/m.1/s1. The van der Waals surface area contributed by atoms with E-state index in [1.54, 1.807) is 0 Å². The predicted octanol–water partition coefficient (Wildman–Crippen LogP) is -2.73. The van der Waals surface area contributed by atoms with Crippen LogP contribution in [0, 0.1) is 5.41 Å². The molecule has 7 nitrogen and oxygen atoms in total. The van der Waals surface area contributed by atoms with Crippen LogP contribution in [0.4, 0.5) is 0 Å². The van der Waals surface area contributed by atoms with Crippen LogP contribution in [-0.4, -0.2) is 69.7 Å². The normalized spacial score (nSPS) is 12.6. The Hall–Kier alpha value is -0.380. The van der Waals surface area contributed by atoms with Crippen LogP contribution in [0.3, 0.4) is 0 Å². The monoisotopic (exact) mass is 257 g/mol. The number of aliphatic hydroxyl groups is 4. The third-order valence-electron chi connectivity index (χ3n) is 1.86. The summed E-state index contributed by atoms with van der Waals surface area (Å²) >= 11 is 3.65. The van der Waals surface area contributed by atoms with E-state index in [1.165, 1.54) is 0 Å². The Morgan fingerprint density at radius 3 is 1.44 bits per heavy atom. The molecule has 0 aliphatic rings. The zero-order chi connectivity index (χ0) is 13.2. The topological polar surface area (TPSA) is 144 Å². The van der Waals surface area contributed by atoms with Gasteiger partial charge < -0.3 is 31.3 Å². The van der Waals surface area contributed by atoms with Gasteiger partial charge in [-0.1, -0.05) is 0 Å². The first-order valence-corrected chi connectivity index (χ1v) is 5.09. The molecule has 16 heavy (non-hydrogen) atoms. The number of nitrogens with two attached hydrogens (primary N) is 1. The molecular weight excluding hydrogens is 238 g/mol. The Morgan fingerprint density at radius 2 is 1.44 bits per heavy atom. The molecule has 0 aliphatic heterocycles. The van der Waals surface area contributed by atoms with Crippen LogP contribution in [-0.2, 0) is 4.79 Å². The Kier molecular flexibility index (Phi) is 11.0. The van der Waals surface area contributed by atoms with Gasteiger partial charge in [0.25, 0.3) is 0 Å². The fraction of sp³-hybridized carbons (Fsp3) is 0.875. The Bertz CT molecular complexity index is 170. The van der Waals surface area contributed by atoms with Gasteiger partial charge in [0.05, 0.1) is 31.8 Å². The first kappa shape index (κ1) is 18.0. The van der Waals surface area contributed by atoms with E-state index in [0.717, 1.165) is 0 Å². The highest BCUT2D eigenvalue weighted by Gasteiger charge is 2.26. The molecule has 0 amide bonds. The summed E-state index contributed by atoms with van der Waals surface area (Å²) in [4.78, 5) is 9.76. The molecule has 0 saturated carbocycles. The number of carbonyl (C=O) groups is 1. The second-order valence-corrected chi connectivity index (χ2v) is 3.62. The number of thiol groups is 1. The average Bonchev–Trinajstić information content (AvgIpc) is 2.32. The van der Waals surface area contributed by atoms with Crippen molar-refractivity contribution in [2.45, 2.75) is 6.04 Å². The minimum Gasteiger partial charge on any atom is -0.480 e. The van der Waals surface area contributed by atoms with Crippen LogP contribution in [0.25, 0.3) is 0 Å². The van der Waals surface area contributed by atoms with Crippen molar-refractivity contribution in [3.05, 3.63) is 0 Å². The highest BCUT2D eigenvalue weighted by Crippen LogP contribution is 2.11. The average molecular weight is 257 g/mol. The number of carboxylic acids is 1. The second kappa shape index (κ2) is 9.82. The fourth-order valence-electron chi connectivity index (χ4n) is 0.378. The molecule has 0 spiro atoms. The van der Waals surface area contributed by atoms with E-state index in [9.17, 15) is 4.79 Å². The Balaban J connectivity index is 0. The van der Waals surface area contributed by atoms with E-state index in [4.69, 9.17) is 31.3 Å². The molecule has 7 N–H and O–H groups in total. The zero-order valence-electron chi connectivity index (χ0n) is 8.78. The van der Waals surface area contributed by atoms with Crippen molar-refractivity contribution in [1.82, 2.24) is 0 Å². The minimum atomic E-state index is -1.11. The summed E-state index contributed by atoms with van der Waals surface area (Å²) < 4.78 is 0. The third-order valence-corrected chi connectivity index (χ3v) is 2.25. The SMILES string of the molecule is N[C@H](CS)C(=O)O.OCC(CO)(CO)CO. The second-order valence-electron chi connectivity index (χ2n) is 3.26. The van der Waals surface area contributed by atoms with Crippen LogP contribution in [0.5, 0.6) is 0 Å². The molecule has 0 unspecified atom stereocenters. The van der Waals surface area contributed by atoms with Crippen molar-refractivity contribution in [2.24, 2.45) is 11.1 Å². The highest BCUT2D eigenvalue weighted by molar-refractivity contribution is 7.80. The van der Waals surface area contributed by atoms with Crippen LogP contribution < -0.4 is 5.73 Å². The van der Waals surface area contributed by atoms with Crippen molar-refractivity contribution in [1.29, 1.82) is 0 Å². The van der Waals surface area contributed by atoms with Gasteiger partial charge in [-0.15, -0.1) is 0 Å². The lowest BCUT2D eigenvalue weighted by Gasteiger charge is -2.23. The van der Waals surface area contributed by atoms with Gasteiger partial charge in [-0.25, -0.2) is 0 Å². The number of aliphatic carboxylic acids is 1. The predicted molar refractivity (Wildman–Crippen MR) is 60.2 cm³/mol. The van der Waals surface area contributed by atoms with E-state index in [1.807, 2.05) is 0 Å². The molecule has 0 aromatic rings. The molecule has 0 rings (SSSR count). The summed E-state index contributed by atoms with van der Waals surface area (Å²) in [6, 6.07) is -0.816. The van der Waals surface area contributed by atoms with Crippen LogP contribution >= 0.6 is 12.6 Å². The molecule has 1 atom stereocenters. The molecule has 98 valence electrons. The van der Waals surface area contributed by atoms with Crippen molar-refractivity contribution in [3.8, 4) is 0 Å². The largest absolute Gasteiger partial charge is 0.480 e. The molecule has 0 aromatic carbocycles. The lowest BCUT2D eigenvalue weighted by molar-refractivity contribution is -0.137. The smallest absolute Gasteiger partial charge is 0.321 e. The highest BCUT2D eigenvalue weighted by atomic mass is 32.1. The van der Waals surface area contributed by atoms with Gasteiger partial charge in [0.15, 0.2) is 0 Å². The number of hydrogen-bond donors (Lipinski definition) is 7. The summed E-state index contributed by atoms with van der Waals surface area (Å²) in [5.41, 5.74) is 3.83. The lowest BCUT2D eigenvalue weighted by atomic mass is 9.93. The van der Waals surface area contributed by atoms with Gasteiger partial charge in [0.2, 0.25) is 0 Å². The Morgan fingerprint density at radius 1 is 1.12 bits per heavy atom. The summed E-state index contributed by atoms with van der Waals surface area (Å²) in [5, 5.41) is 42.0. The summed E-state index contributed by atoms with van der Waals surface area (Å²) in [5.74, 6) is -0.815. The number of aliphatic hydroxyl groups excluding tert-OH is 4. The molecule has 0 bridgehead atoms. The van der Waals surface area contributed by atoms with E-state index in [2.05, 4.69) is 12.6 Å². The number of hydrogen-bond acceptors (Lipinski definition) is 7. The van der Waals surface area contributed by atoms with E-state index in [-0.39, 0.29) is 5.75 Å². The van der Waals surface area contributed by atoms with Crippen LogP contribution in [0.15, 0.2) is 0 Å². The molecule has 0 saturated heterocycles.